The van der Waals surface area contributed by atoms with Crippen molar-refractivity contribution in [1.82, 2.24) is 9.88 Å². The molecule has 2 rings (SSSR count). The van der Waals surface area contributed by atoms with Gasteiger partial charge in [0.2, 0.25) is 0 Å². The van der Waals surface area contributed by atoms with E-state index in [0.717, 1.165) is 25.1 Å². The first kappa shape index (κ1) is 13.1. The Bertz CT molecular complexity index is 400. The lowest BCUT2D eigenvalue weighted by Crippen LogP contribution is -2.34. The van der Waals surface area contributed by atoms with Gasteiger partial charge >= 0.3 is 0 Å². The van der Waals surface area contributed by atoms with E-state index < -0.39 is 0 Å². The highest BCUT2D eigenvalue weighted by atomic mass is 35.5. The largest absolute Gasteiger partial charge is 0.395 e. The lowest BCUT2D eigenvalue weighted by Gasteiger charge is -2.25. The van der Waals surface area contributed by atoms with Gasteiger partial charge < -0.3 is 5.11 Å². The van der Waals surface area contributed by atoms with Gasteiger partial charge in [0.25, 0.3) is 0 Å². The van der Waals surface area contributed by atoms with Crippen molar-refractivity contribution in [1.29, 1.82) is 0 Å². The molecule has 1 fully saturated rings. The van der Waals surface area contributed by atoms with Crippen LogP contribution in [-0.2, 0) is 6.54 Å². The normalized spacial score (nSPS) is 25.4. The van der Waals surface area contributed by atoms with E-state index >= 15 is 0 Å². The van der Waals surface area contributed by atoms with Crippen LogP contribution in [0.4, 0.5) is 0 Å². The smallest absolute Gasteiger partial charge is 0.135 e. The summed E-state index contributed by atoms with van der Waals surface area (Å²) in [6, 6.07) is 3.87. The van der Waals surface area contributed by atoms with Crippen LogP contribution in [0.5, 0.6) is 0 Å². The van der Waals surface area contributed by atoms with Gasteiger partial charge in [-0.3, -0.25) is 4.90 Å². The molecule has 2 atom stereocenters. The van der Waals surface area contributed by atoms with Crippen molar-refractivity contribution in [3.8, 4) is 0 Å². The van der Waals surface area contributed by atoms with E-state index in [4.69, 9.17) is 23.2 Å². The summed E-state index contributed by atoms with van der Waals surface area (Å²) >= 11 is 11.8. The molecule has 0 bridgehead atoms. The van der Waals surface area contributed by atoms with E-state index in [1.807, 2.05) is 6.07 Å². The minimum Gasteiger partial charge on any atom is -0.395 e. The van der Waals surface area contributed by atoms with Gasteiger partial charge in [0.05, 0.1) is 6.61 Å². The Labute approximate surface area is 111 Å². The number of nitrogens with zero attached hydrogens (tertiary/aromatic N) is 2. The van der Waals surface area contributed by atoms with E-state index in [1.54, 1.807) is 6.07 Å². The van der Waals surface area contributed by atoms with Gasteiger partial charge in [0.1, 0.15) is 10.3 Å². The van der Waals surface area contributed by atoms with Crippen LogP contribution in [0.15, 0.2) is 12.1 Å². The maximum absolute atomic E-state index is 9.39. The molecule has 0 aromatic carbocycles. The second-order valence-corrected chi connectivity index (χ2v) is 5.32. The van der Waals surface area contributed by atoms with Gasteiger partial charge in [0, 0.05) is 18.2 Å². The first-order chi connectivity index (χ1) is 8.11. The van der Waals surface area contributed by atoms with Gasteiger partial charge in [-0.25, -0.2) is 4.98 Å². The molecule has 0 saturated carbocycles. The highest BCUT2D eigenvalue weighted by Gasteiger charge is 2.30. The van der Waals surface area contributed by atoms with Crippen molar-refractivity contribution in [2.75, 3.05) is 13.2 Å². The van der Waals surface area contributed by atoms with Crippen LogP contribution in [0.3, 0.4) is 0 Å². The highest BCUT2D eigenvalue weighted by Crippen LogP contribution is 2.27. The fourth-order valence-electron chi connectivity index (χ4n) is 2.36. The lowest BCUT2D eigenvalue weighted by atomic mass is 10.0. The highest BCUT2D eigenvalue weighted by molar-refractivity contribution is 6.32. The summed E-state index contributed by atoms with van der Waals surface area (Å²) in [6.45, 7) is 4.08. The Kier molecular flexibility index (Phi) is 4.26. The molecule has 2 unspecified atom stereocenters. The van der Waals surface area contributed by atoms with Crippen LogP contribution in [0.1, 0.15) is 18.9 Å². The second kappa shape index (κ2) is 5.53. The number of aromatic nitrogens is 1. The molecule has 2 heterocycles. The Hall–Kier alpha value is -0.350. The van der Waals surface area contributed by atoms with Crippen molar-refractivity contribution in [2.45, 2.75) is 25.9 Å². The lowest BCUT2D eigenvalue weighted by molar-refractivity contribution is 0.134. The molecule has 5 heteroatoms. The quantitative estimate of drug-likeness (QED) is 0.861. The van der Waals surface area contributed by atoms with Crippen molar-refractivity contribution in [3.05, 3.63) is 28.0 Å². The SMILES string of the molecule is CC1CCN(Cc2ccc(Cl)nc2Cl)C1CO. The average Bonchev–Trinajstić information content (AvgIpc) is 2.63. The summed E-state index contributed by atoms with van der Waals surface area (Å²) in [5.74, 6) is 0.527. The molecule has 1 aromatic rings. The van der Waals surface area contributed by atoms with Gasteiger partial charge in [-0.1, -0.05) is 36.2 Å². The zero-order valence-corrected chi connectivity index (χ0v) is 11.2. The molecule has 0 amide bonds. The van der Waals surface area contributed by atoms with Crippen molar-refractivity contribution in [2.24, 2.45) is 5.92 Å². The Balaban J connectivity index is 2.10. The molecule has 1 aliphatic heterocycles. The summed E-state index contributed by atoms with van der Waals surface area (Å²) in [7, 11) is 0. The standard InChI is InChI=1S/C12H16Cl2N2O/c1-8-4-5-16(10(8)7-17)6-9-2-3-11(13)15-12(9)14/h2-3,8,10,17H,4-7H2,1H3. The number of aliphatic hydroxyl groups is 1. The molecule has 1 N–H and O–H groups in total. The number of aliphatic hydroxyl groups excluding tert-OH is 1. The Morgan fingerprint density at radius 3 is 2.88 bits per heavy atom. The van der Waals surface area contributed by atoms with E-state index in [1.165, 1.54) is 0 Å². The number of halogens is 2. The number of likely N-dealkylation sites (tertiary alicyclic amines) is 1. The third-order valence-corrected chi connectivity index (χ3v) is 3.99. The number of pyridine rings is 1. The molecule has 0 aliphatic carbocycles. The molecule has 17 heavy (non-hydrogen) atoms. The molecule has 94 valence electrons. The van der Waals surface area contributed by atoms with Crippen LogP contribution in [0, 0.1) is 5.92 Å². The first-order valence-electron chi connectivity index (χ1n) is 5.77. The molecular weight excluding hydrogens is 259 g/mol. The zero-order valence-electron chi connectivity index (χ0n) is 9.74. The maximum atomic E-state index is 9.39. The predicted molar refractivity (Wildman–Crippen MR) is 69.3 cm³/mol. The van der Waals surface area contributed by atoms with Gasteiger partial charge in [0.15, 0.2) is 0 Å². The molecule has 1 aliphatic rings. The fraction of sp³-hybridized carbons (Fsp3) is 0.583. The maximum Gasteiger partial charge on any atom is 0.135 e. The summed E-state index contributed by atoms with van der Waals surface area (Å²) in [4.78, 5) is 6.28. The summed E-state index contributed by atoms with van der Waals surface area (Å²) in [5.41, 5.74) is 0.962. The van der Waals surface area contributed by atoms with Crippen LogP contribution in [0.25, 0.3) is 0 Å². The predicted octanol–water partition coefficient (Wildman–Crippen LogP) is 2.59. The molecule has 1 aromatic heterocycles. The number of hydrogen-bond donors (Lipinski definition) is 1. The van der Waals surface area contributed by atoms with Crippen LogP contribution in [-0.4, -0.2) is 34.2 Å². The molecule has 1 saturated heterocycles. The first-order valence-corrected chi connectivity index (χ1v) is 6.53. The van der Waals surface area contributed by atoms with E-state index in [0.29, 0.717) is 16.2 Å². The fourth-order valence-corrected chi connectivity index (χ4v) is 2.76. The Morgan fingerprint density at radius 2 is 2.24 bits per heavy atom. The van der Waals surface area contributed by atoms with Gasteiger partial charge in [-0.05, 0) is 24.9 Å². The summed E-state index contributed by atoms with van der Waals surface area (Å²) in [6.07, 6.45) is 1.11. The minimum atomic E-state index is 0.194. The Morgan fingerprint density at radius 1 is 1.47 bits per heavy atom. The molecule has 0 radical (unpaired) electrons. The number of rotatable bonds is 3. The van der Waals surface area contributed by atoms with E-state index in [2.05, 4.69) is 16.8 Å². The van der Waals surface area contributed by atoms with Crippen LogP contribution in [0.2, 0.25) is 10.3 Å². The zero-order chi connectivity index (χ0) is 12.4. The summed E-state index contributed by atoms with van der Waals surface area (Å²) < 4.78 is 0. The van der Waals surface area contributed by atoms with Gasteiger partial charge in [-0.15, -0.1) is 0 Å². The van der Waals surface area contributed by atoms with E-state index in [9.17, 15) is 5.11 Å². The molecule has 3 nitrogen and oxygen atoms in total. The second-order valence-electron chi connectivity index (χ2n) is 4.57. The van der Waals surface area contributed by atoms with Crippen molar-refractivity contribution >= 4 is 23.2 Å². The monoisotopic (exact) mass is 274 g/mol. The average molecular weight is 275 g/mol. The van der Waals surface area contributed by atoms with E-state index in [-0.39, 0.29) is 12.6 Å². The van der Waals surface area contributed by atoms with Crippen molar-refractivity contribution in [3.63, 3.8) is 0 Å². The van der Waals surface area contributed by atoms with Crippen molar-refractivity contribution < 1.29 is 5.11 Å². The van der Waals surface area contributed by atoms with Crippen LogP contribution < -0.4 is 0 Å². The topological polar surface area (TPSA) is 36.4 Å². The third kappa shape index (κ3) is 2.91. The summed E-state index contributed by atoms with van der Waals surface area (Å²) in [5, 5.41) is 10.2. The molecular formula is C12H16Cl2N2O. The van der Waals surface area contributed by atoms with Gasteiger partial charge in [-0.2, -0.15) is 0 Å². The third-order valence-electron chi connectivity index (χ3n) is 3.45. The van der Waals surface area contributed by atoms with Crippen LogP contribution >= 0.6 is 23.2 Å². The number of hydrogen-bond acceptors (Lipinski definition) is 3. The minimum absolute atomic E-state index is 0.194. The molecule has 0 spiro atoms.